The van der Waals surface area contributed by atoms with E-state index in [1.807, 2.05) is 17.5 Å². The molecular formula is C10H11ClN2OS. The van der Waals surface area contributed by atoms with Crippen molar-refractivity contribution >= 4 is 22.9 Å². The van der Waals surface area contributed by atoms with E-state index in [9.17, 15) is 0 Å². The summed E-state index contributed by atoms with van der Waals surface area (Å²) < 4.78 is 5.34. The van der Waals surface area contributed by atoms with Gasteiger partial charge < -0.3 is 4.42 Å². The minimum atomic E-state index is -0.135. The first-order valence-corrected chi connectivity index (χ1v) is 5.73. The van der Waals surface area contributed by atoms with Crippen LogP contribution in [-0.4, -0.2) is 0 Å². The lowest BCUT2D eigenvalue weighted by molar-refractivity contribution is 0.453. The number of rotatable bonds is 3. The molecule has 0 fully saturated rings. The second-order valence-corrected chi connectivity index (χ2v) is 4.67. The minimum absolute atomic E-state index is 0.135. The summed E-state index contributed by atoms with van der Waals surface area (Å²) in [5.74, 6) is 6.25. The van der Waals surface area contributed by atoms with Gasteiger partial charge in [-0.1, -0.05) is 0 Å². The van der Waals surface area contributed by atoms with Gasteiger partial charge in [-0.2, -0.15) is 0 Å². The van der Waals surface area contributed by atoms with E-state index in [1.165, 1.54) is 4.88 Å². The van der Waals surface area contributed by atoms with Crippen molar-refractivity contribution in [2.75, 3.05) is 0 Å². The van der Waals surface area contributed by atoms with Crippen LogP contribution in [-0.2, 0) is 0 Å². The van der Waals surface area contributed by atoms with Crippen LogP contribution in [0.15, 0.2) is 28.0 Å². The number of halogens is 1. The molecule has 5 heteroatoms. The van der Waals surface area contributed by atoms with Gasteiger partial charge in [-0.05, 0) is 47.7 Å². The summed E-state index contributed by atoms with van der Waals surface area (Å²) in [7, 11) is 0. The first-order valence-electron chi connectivity index (χ1n) is 4.47. The van der Waals surface area contributed by atoms with Crippen LogP contribution < -0.4 is 11.3 Å². The molecule has 0 aliphatic carbocycles. The topological polar surface area (TPSA) is 51.2 Å². The molecule has 1 atom stereocenters. The third-order valence-electron chi connectivity index (χ3n) is 2.26. The second-order valence-electron chi connectivity index (χ2n) is 3.17. The number of hydrazine groups is 1. The Morgan fingerprint density at radius 1 is 1.47 bits per heavy atom. The van der Waals surface area contributed by atoms with E-state index in [1.54, 1.807) is 17.4 Å². The number of hydrogen-bond acceptors (Lipinski definition) is 4. The second kappa shape index (κ2) is 4.37. The van der Waals surface area contributed by atoms with Crippen molar-refractivity contribution in [3.05, 3.63) is 45.0 Å². The fourth-order valence-electron chi connectivity index (χ4n) is 1.50. The van der Waals surface area contributed by atoms with E-state index in [2.05, 4.69) is 12.3 Å². The fourth-order valence-corrected chi connectivity index (χ4v) is 2.40. The molecule has 3 N–H and O–H groups in total. The molecule has 2 heterocycles. The highest BCUT2D eigenvalue weighted by molar-refractivity contribution is 7.10. The zero-order chi connectivity index (χ0) is 10.8. The number of nitrogens with two attached hydrogens (primary N) is 1. The molecule has 0 saturated carbocycles. The third-order valence-corrected chi connectivity index (χ3v) is 3.32. The summed E-state index contributed by atoms with van der Waals surface area (Å²) in [4.78, 5) is 1.21. The largest absolute Gasteiger partial charge is 0.448 e. The van der Waals surface area contributed by atoms with Crippen LogP contribution in [0, 0.1) is 6.92 Å². The Labute approximate surface area is 96.8 Å². The average Bonchev–Trinajstić information content (AvgIpc) is 2.79. The highest BCUT2D eigenvalue weighted by Gasteiger charge is 2.18. The lowest BCUT2D eigenvalue weighted by Crippen LogP contribution is -2.28. The molecule has 0 aromatic carbocycles. The van der Waals surface area contributed by atoms with Gasteiger partial charge in [0.05, 0.1) is 0 Å². The van der Waals surface area contributed by atoms with E-state index in [4.69, 9.17) is 21.9 Å². The quantitative estimate of drug-likeness (QED) is 0.643. The molecule has 80 valence electrons. The maximum atomic E-state index is 5.73. The van der Waals surface area contributed by atoms with E-state index < -0.39 is 0 Å². The number of thiophene rings is 1. The first-order chi connectivity index (χ1) is 7.22. The van der Waals surface area contributed by atoms with E-state index >= 15 is 0 Å². The van der Waals surface area contributed by atoms with Gasteiger partial charge in [-0.3, -0.25) is 5.84 Å². The summed E-state index contributed by atoms with van der Waals surface area (Å²) in [6.07, 6.45) is 0. The standard InChI is InChI=1S/C10H11ClN2OS/c1-6-7(4-5-15-6)10(13-12)8-2-3-9(11)14-8/h2-5,10,13H,12H2,1H3. The Kier molecular flexibility index (Phi) is 3.11. The lowest BCUT2D eigenvalue weighted by Gasteiger charge is -2.12. The normalized spacial score (nSPS) is 13.0. The SMILES string of the molecule is Cc1sccc1C(NN)c1ccc(Cl)o1. The summed E-state index contributed by atoms with van der Waals surface area (Å²) in [6.45, 7) is 2.05. The highest BCUT2D eigenvalue weighted by atomic mass is 35.5. The number of nitrogens with one attached hydrogen (secondary N) is 1. The van der Waals surface area contributed by atoms with Gasteiger partial charge in [0.15, 0.2) is 5.22 Å². The van der Waals surface area contributed by atoms with Gasteiger partial charge in [-0.25, -0.2) is 5.43 Å². The van der Waals surface area contributed by atoms with Crippen molar-refractivity contribution in [2.24, 2.45) is 5.84 Å². The summed E-state index contributed by atoms with van der Waals surface area (Å²) in [5.41, 5.74) is 3.85. The van der Waals surface area contributed by atoms with Gasteiger partial charge in [0.2, 0.25) is 0 Å². The lowest BCUT2D eigenvalue weighted by atomic mass is 10.1. The Bertz CT molecular complexity index is 452. The summed E-state index contributed by atoms with van der Waals surface area (Å²) >= 11 is 7.41. The molecule has 0 aliphatic heterocycles. The molecule has 0 spiro atoms. The van der Waals surface area contributed by atoms with Gasteiger partial charge in [-0.15, -0.1) is 11.3 Å². The molecule has 1 unspecified atom stereocenters. The van der Waals surface area contributed by atoms with Crippen molar-refractivity contribution in [3.63, 3.8) is 0 Å². The van der Waals surface area contributed by atoms with Crippen LogP contribution in [0.25, 0.3) is 0 Å². The van der Waals surface area contributed by atoms with Crippen LogP contribution in [0.4, 0.5) is 0 Å². The van der Waals surface area contributed by atoms with Crippen LogP contribution in [0.1, 0.15) is 22.2 Å². The molecule has 0 saturated heterocycles. The van der Waals surface area contributed by atoms with E-state index in [-0.39, 0.29) is 6.04 Å². The summed E-state index contributed by atoms with van der Waals surface area (Å²) in [6, 6.07) is 5.43. The molecular weight excluding hydrogens is 232 g/mol. The number of furan rings is 1. The van der Waals surface area contributed by atoms with Gasteiger partial charge in [0.1, 0.15) is 11.8 Å². The van der Waals surface area contributed by atoms with Crippen LogP contribution in [0.5, 0.6) is 0 Å². The monoisotopic (exact) mass is 242 g/mol. The van der Waals surface area contributed by atoms with Crippen LogP contribution >= 0.6 is 22.9 Å². The summed E-state index contributed by atoms with van der Waals surface area (Å²) in [5, 5.41) is 2.40. The van der Waals surface area contributed by atoms with Crippen molar-refractivity contribution in [1.82, 2.24) is 5.43 Å². The Hall–Kier alpha value is -0.810. The van der Waals surface area contributed by atoms with Crippen molar-refractivity contribution in [1.29, 1.82) is 0 Å². The maximum absolute atomic E-state index is 5.73. The zero-order valence-electron chi connectivity index (χ0n) is 8.16. The van der Waals surface area contributed by atoms with Crippen LogP contribution in [0.2, 0.25) is 5.22 Å². The highest BCUT2D eigenvalue weighted by Crippen LogP contribution is 2.29. The predicted molar refractivity (Wildman–Crippen MR) is 61.9 cm³/mol. The van der Waals surface area contributed by atoms with Gasteiger partial charge >= 0.3 is 0 Å². The molecule has 3 nitrogen and oxygen atoms in total. The molecule has 15 heavy (non-hydrogen) atoms. The van der Waals surface area contributed by atoms with E-state index in [0.717, 1.165) is 11.3 Å². The molecule has 0 amide bonds. The predicted octanol–water partition coefficient (Wildman–Crippen LogP) is 2.86. The zero-order valence-corrected chi connectivity index (χ0v) is 9.73. The molecule has 2 aromatic heterocycles. The molecule has 2 aromatic rings. The van der Waals surface area contributed by atoms with Crippen molar-refractivity contribution in [2.45, 2.75) is 13.0 Å². The van der Waals surface area contributed by atoms with E-state index in [0.29, 0.717) is 5.22 Å². The van der Waals surface area contributed by atoms with Gasteiger partial charge in [0, 0.05) is 4.88 Å². The Morgan fingerprint density at radius 2 is 2.27 bits per heavy atom. The molecule has 2 rings (SSSR count). The first kappa shape index (κ1) is 10.7. The Balaban J connectivity index is 2.36. The van der Waals surface area contributed by atoms with Crippen molar-refractivity contribution in [3.8, 4) is 0 Å². The molecule has 0 aliphatic rings. The average molecular weight is 243 g/mol. The molecule has 0 radical (unpaired) electrons. The third kappa shape index (κ3) is 2.08. The van der Waals surface area contributed by atoms with Crippen molar-refractivity contribution < 1.29 is 4.42 Å². The Morgan fingerprint density at radius 3 is 2.73 bits per heavy atom. The number of aryl methyl sites for hydroxylation is 1. The fraction of sp³-hybridized carbons (Fsp3) is 0.200. The molecule has 0 bridgehead atoms. The smallest absolute Gasteiger partial charge is 0.193 e. The van der Waals surface area contributed by atoms with Crippen LogP contribution in [0.3, 0.4) is 0 Å². The minimum Gasteiger partial charge on any atom is -0.448 e. The number of hydrogen-bond donors (Lipinski definition) is 2. The van der Waals surface area contributed by atoms with Gasteiger partial charge in [0.25, 0.3) is 0 Å². The maximum Gasteiger partial charge on any atom is 0.193 e.